The summed E-state index contributed by atoms with van der Waals surface area (Å²) in [5.41, 5.74) is 0. The molecule has 0 bridgehead atoms. The number of hydrogen-bond donors (Lipinski definition) is 0. The van der Waals surface area contributed by atoms with Crippen LogP contribution in [0.15, 0.2) is 34.8 Å². The third-order valence-electron chi connectivity index (χ3n) is 3.99. The highest BCUT2D eigenvalue weighted by Crippen LogP contribution is 2.30. The molecule has 10 heteroatoms. The second-order valence-corrected chi connectivity index (χ2v) is 8.89. The van der Waals surface area contributed by atoms with Crippen LogP contribution in [-0.4, -0.2) is 50.0 Å². The lowest BCUT2D eigenvalue weighted by Gasteiger charge is -2.32. The average Bonchev–Trinajstić information content (AvgIpc) is 3.14. The Morgan fingerprint density at radius 3 is 2.96 bits per heavy atom. The molecule has 0 N–H and O–H groups in total. The van der Waals surface area contributed by atoms with Gasteiger partial charge >= 0.3 is 5.97 Å². The highest BCUT2D eigenvalue weighted by Gasteiger charge is 2.34. The highest BCUT2D eigenvalue weighted by molar-refractivity contribution is 7.89. The van der Waals surface area contributed by atoms with E-state index in [1.54, 1.807) is 17.6 Å². The first-order chi connectivity index (χ1) is 12.4. The first-order valence-electron chi connectivity index (χ1n) is 7.85. The standard InChI is InChI=1S/C16H17ClN2O5S2/c1-23-16(20)15-14(5-8-25-15)26(21,22)19-7-2-3-11(10-19)24-13-4-6-18-9-12(13)17/h4-6,8-9,11H,2-3,7,10H2,1H3. The number of ether oxygens (including phenoxy) is 2. The molecule has 140 valence electrons. The van der Waals surface area contributed by atoms with Gasteiger partial charge in [0, 0.05) is 25.0 Å². The van der Waals surface area contributed by atoms with E-state index >= 15 is 0 Å². The Morgan fingerprint density at radius 2 is 2.23 bits per heavy atom. The number of sulfonamides is 1. The minimum absolute atomic E-state index is 0.0306. The van der Waals surface area contributed by atoms with Gasteiger partial charge in [-0.05, 0) is 24.3 Å². The summed E-state index contributed by atoms with van der Waals surface area (Å²) >= 11 is 7.10. The lowest BCUT2D eigenvalue weighted by Crippen LogP contribution is -2.44. The molecule has 1 fully saturated rings. The van der Waals surface area contributed by atoms with Gasteiger partial charge < -0.3 is 9.47 Å². The van der Waals surface area contributed by atoms with Crippen LogP contribution in [0.2, 0.25) is 5.02 Å². The number of pyridine rings is 1. The number of piperidine rings is 1. The monoisotopic (exact) mass is 416 g/mol. The van der Waals surface area contributed by atoms with Crippen LogP contribution in [0.1, 0.15) is 22.5 Å². The fraction of sp³-hybridized carbons (Fsp3) is 0.375. The van der Waals surface area contributed by atoms with Gasteiger partial charge in [0.05, 0.1) is 13.7 Å². The average molecular weight is 417 g/mol. The van der Waals surface area contributed by atoms with Crippen LogP contribution in [0.5, 0.6) is 5.75 Å². The van der Waals surface area contributed by atoms with E-state index in [2.05, 4.69) is 9.72 Å². The van der Waals surface area contributed by atoms with Crippen LogP contribution in [0.3, 0.4) is 0 Å². The van der Waals surface area contributed by atoms with Crippen molar-refractivity contribution in [1.29, 1.82) is 0 Å². The molecule has 2 aromatic rings. The second kappa shape index (κ2) is 7.91. The molecule has 0 aliphatic carbocycles. The summed E-state index contributed by atoms with van der Waals surface area (Å²) in [7, 11) is -2.60. The maximum atomic E-state index is 13.0. The van der Waals surface area contributed by atoms with E-state index in [1.807, 2.05) is 0 Å². The van der Waals surface area contributed by atoms with E-state index in [0.29, 0.717) is 30.2 Å². The van der Waals surface area contributed by atoms with Gasteiger partial charge in [-0.3, -0.25) is 4.98 Å². The fourth-order valence-electron chi connectivity index (χ4n) is 2.74. The largest absolute Gasteiger partial charge is 0.487 e. The molecule has 7 nitrogen and oxygen atoms in total. The number of methoxy groups -OCH3 is 1. The molecule has 26 heavy (non-hydrogen) atoms. The minimum atomic E-state index is -3.82. The van der Waals surface area contributed by atoms with Crippen molar-refractivity contribution in [2.45, 2.75) is 23.8 Å². The zero-order valence-electron chi connectivity index (χ0n) is 13.9. The molecule has 3 heterocycles. The molecule has 0 aromatic carbocycles. The van der Waals surface area contributed by atoms with Crippen LogP contribution >= 0.6 is 22.9 Å². The molecule has 3 rings (SSSR count). The van der Waals surface area contributed by atoms with Gasteiger partial charge in [-0.25, -0.2) is 13.2 Å². The maximum Gasteiger partial charge on any atom is 0.349 e. The fourth-order valence-corrected chi connectivity index (χ4v) is 5.72. The van der Waals surface area contributed by atoms with E-state index in [1.165, 1.54) is 23.7 Å². The molecule has 2 aromatic heterocycles. The molecule has 1 unspecified atom stereocenters. The number of hydrogen-bond acceptors (Lipinski definition) is 7. The van der Waals surface area contributed by atoms with Crippen molar-refractivity contribution in [2.75, 3.05) is 20.2 Å². The van der Waals surface area contributed by atoms with E-state index in [-0.39, 0.29) is 22.4 Å². The third-order valence-corrected chi connectivity index (χ3v) is 7.20. The predicted octanol–water partition coefficient (Wildman–Crippen LogP) is 2.82. The van der Waals surface area contributed by atoms with E-state index in [4.69, 9.17) is 16.3 Å². The Morgan fingerprint density at radius 1 is 1.42 bits per heavy atom. The summed E-state index contributed by atoms with van der Waals surface area (Å²) < 4.78 is 37.8. The van der Waals surface area contributed by atoms with Crippen molar-refractivity contribution < 1.29 is 22.7 Å². The zero-order valence-corrected chi connectivity index (χ0v) is 16.3. The number of esters is 1. The number of nitrogens with zero attached hydrogens (tertiary/aromatic N) is 2. The summed E-state index contributed by atoms with van der Waals surface area (Å²) in [6.07, 6.45) is 4.05. The third kappa shape index (κ3) is 3.85. The summed E-state index contributed by atoms with van der Waals surface area (Å²) in [6.45, 7) is 0.542. The van der Waals surface area contributed by atoms with Crippen LogP contribution in [0.4, 0.5) is 0 Å². The Hall–Kier alpha value is -1.68. The van der Waals surface area contributed by atoms with Crippen molar-refractivity contribution in [2.24, 2.45) is 0 Å². The molecular formula is C16H17ClN2O5S2. The number of thiophene rings is 1. The molecule has 1 saturated heterocycles. The number of rotatable bonds is 5. The van der Waals surface area contributed by atoms with Gasteiger partial charge in [0.25, 0.3) is 0 Å². The quantitative estimate of drug-likeness (QED) is 0.696. The second-order valence-electron chi connectivity index (χ2n) is 5.66. The molecule has 0 spiro atoms. The summed E-state index contributed by atoms with van der Waals surface area (Å²) in [5.74, 6) is -0.191. The molecule has 1 aliphatic rings. The Kier molecular flexibility index (Phi) is 5.81. The van der Waals surface area contributed by atoms with Crippen molar-refractivity contribution in [3.63, 3.8) is 0 Å². The Labute approximate surface area is 160 Å². The van der Waals surface area contributed by atoms with Gasteiger partial charge in [0.15, 0.2) is 0 Å². The number of carbonyl (C=O) groups excluding carboxylic acids is 1. The van der Waals surface area contributed by atoms with Gasteiger partial charge in [0.2, 0.25) is 10.0 Å². The van der Waals surface area contributed by atoms with Crippen molar-refractivity contribution in [3.8, 4) is 5.75 Å². The van der Waals surface area contributed by atoms with Crippen molar-refractivity contribution >= 4 is 38.9 Å². The molecular weight excluding hydrogens is 400 g/mol. The SMILES string of the molecule is COC(=O)c1sccc1S(=O)(=O)N1CCCC(Oc2ccncc2Cl)C1. The zero-order chi connectivity index (χ0) is 18.7. The lowest BCUT2D eigenvalue weighted by atomic mass is 10.1. The number of halogens is 1. The molecule has 1 aliphatic heterocycles. The summed E-state index contributed by atoms with van der Waals surface area (Å²) in [5, 5.41) is 1.94. The number of aromatic nitrogens is 1. The summed E-state index contributed by atoms with van der Waals surface area (Å²) in [6, 6.07) is 3.07. The van der Waals surface area contributed by atoms with Crippen LogP contribution < -0.4 is 4.74 Å². The molecule has 0 saturated carbocycles. The Bertz CT molecular complexity index is 900. The first-order valence-corrected chi connectivity index (χ1v) is 10.6. The van der Waals surface area contributed by atoms with Crippen molar-refractivity contribution in [3.05, 3.63) is 39.8 Å². The number of carbonyl (C=O) groups is 1. The van der Waals surface area contributed by atoms with Crippen LogP contribution in [0.25, 0.3) is 0 Å². The van der Waals surface area contributed by atoms with E-state index in [0.717, 1.165) is 11.3 Å². The molecule has 0 amide bonds. The highest BCUT2D eigenvalue weighted by atomic mass is 35.5. The van der Waals surface area contributed by atoms with Gasteiger partial charge in [0.1, 0.15) is 26.6 Å². The Balaban J connectivity index is 1.80. The van der Waals surface area contributed by atoms with Crippen LogP contribution in [-0.2, 0) is 14.8 Å². The predicted molar refractivity (Wildman–Crippen MR) is 97.3 cm³/mol. The topological polar surface area (TPSA) is 85.8 Å². The normalized spacial score (nSPS) is 18.5. The van der Waals surface area contributed by atoms with Gasteiger partial charge in [-0.15, -0.1) is 11.3 Å². The van der Waals surface area contributed by atoms with Gasteiger partial charge in [-0.1, -0.05) is 11.6 Å². The first kappa shape index (κ1) is 19.1. The minimum Gasteiger partial charge on any atom is -0.487 e. The van der Waals surface area contributed by atoms with E-state index < -0.39 is 16.0 Å². The van der Waals surface area contributed by atoms with Crippen LogP contribution in [0, 0.1) is 0 Å². The molecule has 0 radical (unpaired) electrons. The smallest absolute Gasteiger partial charge is 0.349 e. The maximum absolute atomic E-state index is 13.0. The van der Waals surface area contributed by atoms with Crippen molar-refractivity contribution in [1.82, 2.24) is 9.29 Å². The van der Waals surface area contributed by atoms with Gasteiger partial charge in [-0.2, -0.15) is 4.31 Å². The van der Waals surface area contributed by atoms with E-state index in [9.17, 15) is 13.2 Å². The summed E-state index contributed by atoms with van der Waals surface area (Å²) in [4.78, 5) is 15.8. The molecule has 1 atom stereocenters. The lowest BCUT2D eigenvalue weighted by molar-refractivity contribution is 0.0602.